The van der Waals surface area contributed by atoms with Gasteiger partial charge in [-0.15, -0.1) is 0 Å². The van der Waals surface area contributed by atoms with Crippen molar-refractivity contribution in [3.05, 3.63) is 35.9 Å². The van der Waals surface area contributed by atoms with Gasteiger partial charge in [-0.25, -0.2) is 0 Å². The second-order valence-corrected chi connectivity index (χ2v) is 4.75. The number of nitrogens with zero attached hydrogens (tertiary/aromatic N) is 1. The predicted molar refractivity (Wildman–Crippen MR) is 85.9 cm³/mol. The summed E-state index contributed by atoms with van der Waals surface area (Å²) in [5, 5.41) is 0. The second-order valence-electron chi connectivity index (χ2n) is 4.75. The topological polar surface area (TPSA) is 58.5 Å². The minimum atomic E-state index is 0.253. The smallest absolute Gasteiger partial charge is 0.231 e. The molecular weight excluding hydrogens is 298 g/mol. The van der Waals surface area contributed by atoms with Gasteiger partial charge in [-0.3, -0.25) is 4.99 Å². The molecule has 0 amide bonds. The van der Waals surface area contributed by atoms with Crippen molar-refractivity contribution in [1.29, 1.82) is 0 Å². The predicted octanol–water partition coefficient (Wildman–Crippen LogP) is 3.19. The standard InChI is InChI=1S/C17H17NO5/c1-19-15-7-12(8-16(20-2)17(15)21-3)18-9-11-4-5-13-14(6-11)23-10-22-13/h4-9H,10H2,1-3H3/b18-9-. The second kappa shape index (κ2) is 6.48. The summed E-state index contributed by atoms with van der Waals surface area (Å²) in [5.74, 6) is 3.13. The highest BCUT2D eigenvalue weighted by atomic mass is 16.7. The lowest BCUT2D eigenvalue weighted by Gasteiger charge is -2.12. The molecule has 0 aromatic heterocycles. The number of methoxy groups -OCH3 is 3. The molecule has 2 aromatic rings. The van der Waals surface area contributed by atoms with Gasteiger partial charge in [0.25, 0.3) is 0 Å². The maximum Gasteiger partial charge on any atom is 0.231 e. The average molecular weight is 315 g/mol. The third-order valence-corrected chi connectivity index (χ3v) is 3.41. The number of benzene rings is 2. The third kappa shape index (κ3) is 3.01. The van der Waals surface area contributed by atoms with E-state index in [0.717, 1.165) is 17.1 Å². The maximum atomic E-state index is 5.35. The fourth-order valence-corrected chi connectivity index (χ4v) is 2.28. The van der Waals surface area contributed by atoms with Gasteiger partial charge in [0.05, 0.1) is 27.0 Å². The van der Waals surface area contributed by atoms with Crippen LogP contribution in [0.4, 0.5) is 5.69 Å². The van der Waals surface area contributed by atoms with Gasteiger partial charge >= 0.3 is 0 Å². The minimum Gasteiger partial charge on any atom is -0.493 e. The SMILES string of the molecule is COc1cc(/N=C\c2ccc3c(c2)OCO3)cc(OC)c1OC. The van der Waals surface area contributed by atoms with E-state index in [1.54, 1.807) is 39.7 Å². The van der Waals surface area contributed by atoms with Gasteiger partial charge in [-0.2, -0.15) is 0 Å². The Kier molecular flexibility index (Phi) is 4.23. The summed E-state index contributed by atoms with van der Waals surface area (Å²) >= 11 is 0. The van der Waals surface area contributed by atoms with Gasteiger partial charge in [0, 0.05) is 18.3 Å². The molecule has 1 aliphatic rings. The first-order valence-electron chi connectivity index (χ1n) is 6.99. The molecule has 0 aliphatic carbocycles. The van der Waals surface area contributed by atoms with Gasteiger partial charge in [-0.05, 0) is 23.8 Å². The van der Waals surface area contributed by atoms with Crippen molar-refractivity contribution in [2.24, 2.45) is 4.99 Å². The molecule has 0 bridgehead atoms. The zero-order valence-electron chi connectivity index (χ0n) is 13.2. The molecule has 0 N–H and O–H groups in total. The molecule has 0 saturated heterocycles. The quantitative estimate of drug-likeness (QED) is 0.793. The summed E-state index contributed by atoms with van der Waals surface area (Å²) in [6, 6.07) is 9.22. The van der Waals surface area contributed by atoms with E-state index >= 15 is 0 Å². The molecule has 6 nitrogen and oxygen atoms in total. The van der Waals surface area contributed by atoms with Crippen molar-refractivity contribution in [2.75, 3.05) is 28.1 Å². The molecule has 120 valence electrons. The van der Waals surface area contributed by atoms with E-state index in [4.69, 9.17) is 23.7 Å². The molecule has 0 unspecified atom stereocenters. The van der Waals surface area contributed by atoms with E-state index in [2.05, 4.69) is 4.99 Å². The van der Waals surface area contributed by atoms with Crippen LogP contribution in [0, 0.1) is 0 Å². The van der Waals surface area contributed by atoms with Crippen LogP contribution in [0.25, 0.3) is 0 Å². The molecule has 0 spiro atoms. The first kappa shape index (κ1) is 15.0. The highest BCUT2D eigenvalue weighted by Crippen LogP contribution is 2.40. The fourth-order valence-electron chi connectivity index (χ4n) is 2.28. The largest absolute Gasteiger partial charge is 0.493 e. The van der Waals surface area contributed by atoms with Crippen LogP contribution in [-0.2, 0) is 0 Å². The van der Waals surface area contributed by atoms with Crippen molar-refractivity contribution >= 4 is 11.9 Å². The van der Waals surface area contributed by atoms with Crippen LogP contribution in [0.5, 0.6) is 28.7 Å². The summed E-state index contributed by atoms with van der Waals surface area (Å²) in [7, 11) is 4.71. The summed E-state index contributed by atoms with van der Waals surface area (Å²) in [6.07, 6.45) is 1.74. The van der Waals surface area contributed by atoms with Crippen molar-refractivity contribution in [2.45, 2.75) is 0 Å². The lowest BCUT2D eigenvalue weighted by Crippen LogP contribution is -1.94. The lowest BCUT2D eigenvalue weighted by molar-refractivity contribution is 0.174. The molecule has 0 radical (unpaired) electrons. The van der Waals surface area contributed by atoms with Gasteiger partial charge in [0.1, 0.15) is 0 Å². The molecular formula is C17H17NO5. The Morgan fingerprint density at radius 3 is 2.26 bits per heavy atom. The van der Waals surface area contributed by atoms with Crippen molar-refractivity contribution in [3.8, 4) is 28.7 Å². The number of ether oxygens (including phenoxy) is 5. The molecule has 1 aliphatic heterocycles. The van der Waals surface area contributed by atoms with E-state index < -0.39 is 0 Å². The molecule has 0 saturated carbocycles. The summed E-state index contributed by atoms with van der Waals surface area (Å²) in [4.78, 5) is 4.46. The van der Waals surface area contributed by atoms with Crippen LogP contribution in [0.3, 0.4) is 0 Å². The Hall–Kier alpha value is -2.89. The summed E-state index contributed by atoms with van der Waals surface area (Å²) in [5.41, 5.74) is 1.60. The van der Waals surface area contributed by atoms with E-state index in [9.17, 15) is 0 Å². The monoisotopic (exact) mass is 315 g/mol. The lowest BCUT2D eigenvalue weighted by atomic mass is 10.2. The normalized spacial score (nSPS) is 12.5. The van der Waals surface area contributed by atoms with Gasteiger partial charge < -0.3 is 23.7 Å². The van der Waals surface area contributed by atoms with Crippen molar-refractivity contribution < 1.29 is 23.7 Å². The minimum absolute atomic E-state index is 0.253. The summed E-state index contributed by atoms with van der Waals surface area (Å²) < 4.78 is 26.6. The maximum absolute atomic E-state index is 5.35. The molecule has 23 heavy (non-hydrogen) atoms. The van der Waals surface area contributed by atoms with Crippen LogP contribution in [0.2, 0.25) is 0 Å². The van der Waals surface area contributed by atoms with E-state index in [1.807, 2.05) is 18.2 Å². The molecule has 1 heterocycles. The Balaban J connectivity index is 1.90. The van der Waals surface area contributed by atoms with Crippen LogP contribution < -0.4 is 23.7 Å². The number of fused-ring (bicyclic) bond motifs is 1. The van der Waals surface area contributed by atoms with Crippen LogP contribution in [-0.4, -0.2) is 34.3 Å². The van der Waals surface area contributed by atoms with Crippen molar-refractivity contribution in [1.82, 2.24) is 0 Å². The molecule has 3 rings (SSSR count). The molecule has 0 atom stereocenters. The Bertz CT molecular complexity index is 717. The first-order valence-corrected chi connectivity index (χ1v) is 6.99. The third-order valence-electron chi connectivity index (χ3n) is 3.41. The number of rotatable bonds is 5. The van der Waals surface area contributed by atoms with Crippen LogP contribution >= 0.6 is 0 Å². The average Bonchev–Trinajstić information content (AvgIpc) is 3.06. The molecule has 0 fully saturated rings. The Morgan fingerprint density at radius 1 is 0.913 bits per heavy atom. The van der Waals surface area contributed by atoms with Gasteiger partial charge in [0.15, 0.2) is 23.0 Å². The number of aliphatic imine (C=N–C) groups is 1. The molecule has 6 heteroatoms. The first-order chi connectivity index (χ1) is 11.2. The van der Waals surface area contributed by atoms with Crippen LogP contribution in [0.15, 0.2) is 35.3 Å². The molecule has 2 aromatic carbocycles. The Labute approximate surface area is 134 Å². The van der Waals surface area contributed by atoms with Gasteiger partial charge in [0.2, 0.25) is 12.5 Å². The van der Waals surface area contributed by atoms with Crippen LogP contribution in [0.1, 0.15) is 5.56 Å². The zero-order valence-corrected chi connectivity index (χ0v) is 13.2. The van der Waals surface area contributed by atoms with E-state index in [1.165, 1.54) is 0 Å². The van der Waals surface area contributed by atoms with E-state index in [-0.39, 0.29) is 6.79 Å². The Morgan fingerprint density at radius 2 is 1.61 bits per heavy atom. The highest BCUT2D eigenvalue weighted by molar-refractivity contribution is 5.83. The highest BCUT2D eigenvalue weighted by Gasteiger charge is 2.14. The van der Waals surface area contributed by atoms with E-state index in [0.29, 0.717) is 22.9 Å². The zero-order chi connectivity index (χ0) is 16.2. The fraction of sp³-hybridized carbons (Fsp3) is 0.235. The summed E-state index contributed by atoms with van der Waals surface area (Å²) in [6.45, 7) is 0.253. The van der Waals surface area contributed by atoms with Crippen molar-refractivity contribution in [3.63, 3.8) is 0 Å². The number of hydrogen-bond acceptors (Lipinski definition) is 6. The number of hydrogen-bond donors (Lipinski definition) is 0. The van der Waals surface area contributed by atoms with Gasteiger partial charge in [-0.1, -0.05) is 0 Å².